The molecule has 2 N–H and O–H groups in total. The van der Waals surface area contributed by atoms with E-state index in [-0.39, 0.29) is 0 Å². The second kappa shape index (κ2) is 6.90. The molecule has 0 amide bonds. The van der Waals surface area contributed by atoms with Crippen molar-refractivity contribution in [3.05, 3.63) is 48.2 Å². The Morgan fingerprint density at radius 2 is 2.10 bits per heavy atom. The Morgan fingerprint density at radius 1 is 1.30 bits per heavy atom. The summed E-state index contributed by atoms with van der Waals surface area (Å²) < 4.78 is 0. The van der Waals surface area contributed by atoms with Gasteiger partial charge in [0.2, 0.25) is 5.95 Å². The number of benzene rings is 1. The van der Waals surface area contributed by atoms with Crippen LogP contribution in [0.4, 0.5) is 17.5 Å². The quantitative estimate of drug-likeness (QED) is 0.812. The third kappa shape index (κ3) is 3.56. The van der Waals surface area contributed by atoms with Crippen molar-refractivity contribution in [3.8, 4) is 6.07 Å². The molecule has 0 radical (unpaired) electrons. The van der Waals surface area contributed by atoms with Gasteiger partial charge in [0.1, 0.15) is 5.82 Å². The molecule has 5 nitrogen and oxygen atoms in total. The molecule has 2 rings (SSSR count). The van der Waals surface area contributed by atoms with E-state index in [9.17, 15) is 0 Å². The van der Waals surface area contributed by atoms with Gasteiger partial charge in [0.05, 0.1) is 6.07 Å². The van der Waals surface area contributed by atoms with Crippen molar-refractivity contribution in [3.63, 3.8) is 0 Å². The largest absolute Gasteiger partial charge is 0.370 e. The van der Waals surface area contributed by atoms with E-state index in [2.05, 4.69) is 20.6 Å². The normalized spacial score (nSPS) is 10.2. The number of nitriles is 1. The van der Waals surface area contributed by atoms with Crippen molar-refractivity contribution in [2.75, 3.05) is 17.2 Å². The van der Waals surface area contributed by atoms with Crippen LogP contribution < -0.4 is 10.6 Å². The molecule has 0 saturated heterocycles. The van der Waals surface area contributed by atoms with Gasteiger partial charge in [-0.15, -0.1) is 0 Å². The van der Waals surface area contributed by atoms with E-state index in [1.54, 1.807) is 12.3 Å². The second-order valence-corrected chi connectivity index (χ2v) is 3.98. The Morgan fingerprint density at radius 3 is 2.80 bits per heavy atom. The minimum Gasteiger partial charge on any atom is -0.370 e. The van der Waals surface area contributed by atoms with Crippen molar-refractivity contribution in [1.29, 1.82) is 5.26 Å². The summed E-state index contributed by atoms with van der Waals surface area (Å²) in [6, 6.07) is 11.7. The average molecular weight is 265 g/mol. The van der Waals surface area contributed by atoms with Crippen LogP contribution in [0.25, 0.3) is 6.08 Å². The molecule has 0 aliphatic heterocycles. The van der Waals surface area contributed by atoms with Crippen LogP contribution in [0.5, 0.6) is 0 Å². The number of aromatic nitrogens is 2. The minimum atomic E-state index is 0.515. The Bertz CT molecular complexity index is 628. The van der Waals surface area contributed by atoms with Gasteiger partial charge in [0.25, 0.3) is 0 Å². The van der Waals surface area contributed by atoms with Crippen molar-refractivity contribution >= 4 is 23.5 Å². The minimum absolute atomic E-state index is 0.515. The van der Waals surface area contributed by atoms with E-state index in [0.29, 0.717) is 11.8 Å². The summed E-state index contributed by atoms with van der Waals surface area (Å²) in [5.41, 5.74) is 1.71. The van der Waals surface area contributed by atoms with Crippen molar-refractivity contribution in [2.45, 2.75) is 6.92 Å². The number of allylic oxidation sites excluding steroid dienone is 1. The van der Waals surface area contributed by atoms with Gasteiger partial charge < -0.3 is 10.6 Å². The first-order valence-corrected chi connectivity index (χ1v) is 6.32. The number of nitrogens with zero attached hydrogens (tertiary/aromatic N) is 3. The fraction of sp³-hybridized carbons (Fsp3) is 0.133. The zero-order chi connectivity index (χ0) is 14.2. The molecule has 0 atom stereocenters. The van der Waals surface area contributed by atoms with E-state index in [0.717, 1.165) is 17.8 Å². The first-order valence-electron chi connectivity index (χ1n) is 6.32. The molecule has 1 heterocycles. The van der Waals surface area contributed by atoms with E-state index in [1.807, 2.05) is 43.3 Å². The van der Waals surface area contributed by atoms with Crippen LogP contribution in [-0.2, 0) is 0 Å². The molecule has 0 aliphatic carbocycles. The SMILES string of the molecule is CCNc1nc(Nc2ccccc2)ncc1/C=C/C#N. The van der Waals surface area contributed by atoms with E-state index in [1.165, 1.54) is 6.08 Å². The third-order valence-corrected chi connectivity index (χ3v) is 2.53. The maximum atomic E-state index is 8.59. The van der Waals surface area contributed by atoms with Gasteiger partial charge in [-0.25, -0.2) is 4.98 Å². The zero-order valence-electron chi connectivity index (χ0n) is 11.2. The lowest BCUT2D eigenvalue weighted by molar-refractivity contribution is 1.11. The lowest BCUT2D eigenvalue weighted by Gasteiger charge is -2.09. The number of hydrogen-bond acceptors (Lipinski definition) is 5. The maximum Gasteiger partial charge on any atom is 0.229 e. The first-order chi connectivity index (χ1) is 9.83. The third-order valence-electron chi connectivity index (χ3n) is 2.53. The fourth-order valence-electron chi connectivity index (χ4n) is 1.66. The van der Waals surface area contributed by atoms with Gasteiger partial charge in [-0.2, -0.15) is 10.2 Å². The Kier molecular flexibility index (Phi) is 4.68. The number of hydrogen-bond donors (Lipinski definition) is 2. The predicted octanol–water partition coefficient (Wildman–Crippen LogP) is 3.19. The highest BCUT2D eigenvalue weighted by Crippen LogP contribution is 2.18. The highest BCUT2D eigenvalue weighted by atomic mass is 15.1. The van der Waals surface area contributed by atoms with Gasteiger partial charge >= 0.3 is 0 Å². The first kappa shape index (κ1) is 13.6. The Balaban J connectivity index is 2.25. The summed E-state index contributed by atoms with van der Waals surface area (Å²) in [5.74, 6) is 1.22. The number of rotatable bonds is 5. The van der Waals surface area contributed by atoms with Gasteiger partial charge in [-0.05, 0) is 25.1 Å². The molecule has 0 aliphatic rings. The van der Waals surface area contributed by atoms with Crippen LogP contribution in [-0.4, -0.2) is 16.5 Å². The second-order valence-electron chi connectivity index (χ2n) is 3.98. The van der Waals surface area contributed by atoms with Crippen LogP contribution in [0.1, 0.15) is 12.5 Å². The summed E-state index contributed by atoms with van der Waals surface area (Å²) >= 11 is 0. The molecule has 100 valence electrons. The lowest BCUT2D eigenvalue weighted by atomic mass is 10.3. The van der Waals surface area contributed by atoms with Gasteiger partial charge in [0.15, 0.2) is 0 Å². The maximum absolute atomic E-state index is 8.59. The summed E-state index contributed by atoms with van der Waals surface area (Å²) in [5, 5.41) is 14.9. The van der Waals surface area contributed by atoms with Crippen LogP contribution in [0.2, 0.25) is 0 Å². The van der Waals surface area contributed by atoms with Crippen LogP contribution in [0, 0.1) is 11.3 Å². The Labute approximate surface area is 118 Å². The van der Waals surface area contributed by atoms with E-state index in [4.69, 9.17) is 5.26 Å². The van der Waals surface area contributed by atoms with Gasteiger partial charge in [-0.1, -0.05) is 18.2 Å². The van der Waals surface area contributed by atoms with Crippen LogP contribution in [0.3, 0.4) is 0 Å². The van der Waals surface area contributed by atoms with Gasteiger partial charge in [0, 0.05) is 30.1 Å². The fourth-order valence-corrected chi connectivity index (χ4v) is 1.66. The highest BCUT2D eigenvalue weighted by molar-refractivity contribution is 5.65. The zero-order valence-corrected chi connectivity index (χ0v) is 11.2. The lowest BCUT2D eigenvalue weighted by Crippen LogP contribution is -2.05. The standard InChI is InChI=1S/C15H15N5/c1-2-17-14-12(7-6-10-16)11-18-15(20-14)19-13-8-4-3-5-9-13/h3-9,11H,2H2,1H3,(H2,17,18,19,20)/b7-6+. The molecule has 0 fully saturated rings. The molecule has 0 spiro atoms. The van der Waals surface area contributed by atoms with Crippen molar-refractivity contribution in [1.82, 2.24) is 9.97 Å². The Hall–Kier alpha value is -2.87. The number of nitrogens with one attached hydrogen (secondary N) is 2. The van der Waals surface area contributed by atoms with E-state index < -0.39 is 0 Å². The topological polar surface area (TPSA) is 73.6 Å². The van der Waals surface area contributed by atoms with Crippen molar-refractivity contribution < 1.29 is 0 Å². The van der Waals surface area contributed by atoms with Crippen molar-refractivity contribution in [2.24, 2.45) is 0 Å². The molecule has 0 saturated carbocycles. The smallest absolute Gasteiger partial charge is 0.229 e. The summed E-state index contributed by atoms with van der Waals surface area (Å²) in [4.78, 5) is 8.66. The molecule has 0 unspecified atom stereocenters. The molecule has 20 heavy (non-hydrogen) atoms. The molecular formula is C15H15N5. The van der Waals surface area contributed by atoms with Crippen LogP contribution in [0.15, 0.2) is 42.6 Å². The van der Waals surface area contributed by atoms with Crippen LogP contribution >= 0.6 is 0 Å². The van der Waals surface area contributed by atoms with Gasteiger partial charge in [-0.3, -0.25) is 0 Å². The molecular weight excluding hydrogens is 250 g/mol. The number of para-hydroxylation sites is 1. The van der Waals surface area contributed by atoms with E-state index >= 15 is 0 Å². The molecule has 1 aromatic carbocycles. The highest BCUT2D eigenvalue weighted by Gasteiger charge is 2.04. The summed E-state index contributed by atoms with van der Waals surface area (Å²) in [7, 11) is 0. The molecule has 0 bridgehead atoms. The number of anilines is 3. The summed E-state index contributed by atoms with van der Waals surface area (Å²) in [6.45, 7) is 2.74. The average Bonchev–Trinajstić information content (AvgIpc) is 2.48. The predicted molar refractivity (Wildman–Crippen MR) is 80.6 cm³/mol. The summed E-state index contributed by atoms with van der Waals surface area (Å²) in [6.07, 6.45) is 4.78. The molecule has 1 aromatic heterocycles. The molecule has 2 aromatic rings. The molecule has 5 heteroatoms. The monoisotopic (exact) mass is 265 g/mol.